The molecular formula is C20H19N5O3S. The molecular weight excluding hydrogens is 390 g/mol. The Morgan fingerprint density at radius 2 is 1.86 bits per heavy atom. The number of benzene rings is 1. The highest BCUT2D eigenvalue weighted by Crippen LogP contribution is 2.46. The maximum absolute atomic E-state index is 12.5. The van der Waals surface area contributed by atoms with E-state index in [1.54, 1.807) is 16.4 Å². The van der Waals surface area contributed by atoms with Crippen molar-refractivity contribution >= 4 is 23.5 Å². The number of aryl methyl sites for hydroxylation is 3. The summed E-state index contributed by atoms with van der Waals surface area (Å²) in [6.07, 6.45) is 0. The van der Waals surface area contributed by atoms with Crippen LogP contribution >= 0.6 is 11.8 Å². The molecule has 3 aromatic rings. The third kappa shape index (κ3) is 3.11. The zero-order chi connectivity index (χ0) is 20.1. The molecule has 0 bridgehead atoms. The van der Waals surface area contributed by atoms with E-state index in [0.29, 0.717) is 17.5 Å². The van der Waals surface area contributed by atoms with Crippen LogP contribution in [0.25, 0.3) is 5.95 Å². The molecule has 1 aromatic carbocycles. The highest BCUT2D eigenvalue weighted by molar-refractivity contribution is 8.00. The first kappa shape index (κ1) is 18.0. The van der Waals surface area contributed by atoms with Crippen molar-refractivity contribution < 1.29 is 14.3 Å². The fourth-order valence-corrected chi connectivity index (χ4v) is 4.85. The summed E-state index contributed by atoms with van der Waals surface area (Å²) in [5.41, 5.74) is 4.48. The molecule has 0 saturated carbocycles. The number of carbonyl (C=O) groups is 1. The van der Waals surface area contributed by atoms with Crippen molar-refractivity contribution in [3.63, 3.8) is 0 Å². The predicted octanol–water partition coefficient (Wildman–Crippen LogP) is 3.09. The largest absolute Gasteiger partial charge is 0.454 e. The average Bonchev–Trinajstić information content (AvgIpc) is 3.21. The van der Waals surface area contributed by atoms with Crippen molar-refractivity contribution in [1.29, 1.82) is 0 Å². The van der Waals surface area contributed by atoms with E-state index in [1.807, 2.05) is 45.0 Å². The van der Waals surface area contributed by atoms with Crippen molar-refractivity contribution in [1.82, 2.24) is 19.7 Å². The van der Waals surface area contributed by atoms with Gasteiger partial charge in [0.2, 0.25) is 12.7 Å². The van der Waals surface area contributed by atoms with Gasteiger partial charge in [0.05, 0.1) is 16.7 Å². The van der Waals surface area contributed by atoms with Crippen LogP contribution in [0.15, 0.2) is 24.3 Å². The first-order valence-electron chi connectivity index (χ1n) is 9.23. The first-order valence-corrected chi connectivity index (χ1v) is 10.3. The summed E-state index contributed by atoms with van der Waals surface area (Å²) in [4.78, 5) is 21.5. The summed E-state index contributed by atoms with van der Waals surface area (Å²) in [6, 6.07) is 7.80. The number of anilines is 1. The summed E-state index contributed by atoms with van der Waals surface area (Å²) >= 11 is 1.56. The molecule has 5 rings (SSSR count). The topological polar surface area (TPSA) is 91.2 Å². The zero-order valence-electron chi connectivity index (χ0n) is 16.2. The number of carbonyl (C=O) groups excluding carboxylic acids is 1. The molecule has 0 radical (unpaired) electrons. The van der Waals surface area contributed by atoms with Gasteiger partial charge >= 0.3 is 0 Å². The molecule has 2 aliphatic rings. The standard InChI is InChI=1S/C20H19N5O3S/c1-10-6-11(2)22-20(21-10)25-19-17(12(3)24-25)18(29-8-16(26)23-19)13-4-5-14-15(7-13)28-9-27-14/h4-7,18H,8-9H2,1-3H3,(H,23,26)/t18-/m1/s1. The predicted molar refractivity (Wildman–Crippen MR) is 109 cm³/mol. The van der Waals surface area contributed by atoms with Gasteiger partial charge < -0.3 is 14.8 Å². The minimum absolute atomic E-state index is 0.0787. The molecule has 2 aliphatic heterocycles. The lowest BCUT2D eigenvalue weighted by molar-refractivity contribution is -0.113. The molecule has 1 amide bonds. The summed E-state index contributed by atoms with van der Waals surface area (Å²) in [5, 5.41) is 7.60. The van der Waals surface area contributed by atoms with E-state index in [1.165, 1.54) is 0 Å². The normalized spacial score (nSPS) is 17.6. The lowest BCUT2D eigenvalue weighted by Crippen LogP contribution is -2.17. The van der Waals surface area contributed by atoms with Gasteiger partial charge in [-0.1, -0.05) is 6.07 Å². The Morgan fingerprint density at radius 3 is 2.66 bits per heavy atom. The second kappa shape index (κ2) is 6.77. The van der Waals surface area contributed by atoms with Crippen LogP contribution in [0.3, 0.4) is 0 Å². The minimum atomic E-state index is -0.0851. The number of hydrogen-bond acceptors (Lipinski definition) is 7. The molecule has 9 heteroatoms. The van der Waals surface area contributed by atoms with Gasteiger partial charge in [-0.2, -0.15) is 9.78 Å². The number of nitrogens with zero attached hydrogens (tertiary/aromatic N) is 4. The molecule has 0 spiro atoms. The van der Waals surface area contributed by atoms with Crippen LogP contribution in [0.4, 0.5) is 5.82 Å². The van der Waals surface area contributed by atoms with E-state index in [-0.39, 0.29) is 18.0 Å². The molecule has 148 valence electrons. The van der Waals surface area contributed by atoms with Crippen molar-refractivity contribution in [3.05, 3.63) is 52.5 Å². The van der Waals surface area contributed by atoms with E-state index < -0.39 is 0 Å². The van der Waals surface area contributed by atoms with Crippen molar-refractivity contribution in [2.24, 2.45) is 0 Å². The van der Waals surface area contributed by atoms with Gasteiger partial charge in [0.15, 0.2) is 11.5 Å². The molecule has 29 heavy (non-hydrogen) atoms. The number of fused-ring (bicyclic) bond motifs is 2. The Balaban J connectivity index is 1.67. The first-order chi connectivity index (χ1) is 14.0. The number of rotatable bonds is 2. The number of aromatic nitrogens is 4. The summed E-state index contributed by atoms with van der Waals surface area (Å²) in [7, 11) is 0. The van der Waals surface area contributed by atoms with Gasteiger partial charge in [0.1, 0.15) is 5.82 Å². The molecule has 1 atom stereocenters. The van der Waals surface area contributed by atoms with Crippen LogP contribution in [-0.4, -0.2) is 38.2 Å². The lowest BCUT2D eigenvalue weighted by Gasteiger charge is -2.15. The second-order valence-corrected chi connectivity index (χ2v) is 8.16. The molecule has 8 nitrogen and oxygen atoms in total. The number of nitrogens with one attached hydrogen (secondary N) is 1. The van der Waals surface area contributed by atoms with Gasteiger partial charge in [-0.05, 0) is 44.5 Å². The molecule has 0 unspecified atom stereocenters. The maximum Gasteiger partial charge on any atom is 0.252 e. The molecule has 1 N–H and O–H groups in total. The highest BCUT2D eigenvalue weighted by Gasteiger charge is 2.32. The second-order valence-electron chi connectivity index (χ2n) is 7.06. The summed E-state index contributed by atoms with van der Waals surface area (Å²) in [5.74, 6) is 2.77. The molecule has 0 saturated heterocycles. The van der Waals surface area contributed by atoms with E-state index >= 15 is 0 Å². The number of thioether (sulfide) groups is 1. The summed E-state index contributed by atoms with van der Waals surface area (Å²) in [6.45, 7) is 5.99. The summed E-state index contributed by atoms with van der Waals surface area (Å²) < 4.78 is 12.6. The Hall–Kier alpha value is -3.07. The van der Waals surface area contributed by atoms with Gasteiger partial charge in [0, 0.05) is 17.0 Å². The maximum atomic E-state index is 12.5. The van der Waals surface area contributed by atoms with Crippen LogP contribution in [-0.2, 0) is 4.79 Å². The number of hydrogen-bond donors (Lipinski definition) is 1. The van der Waals surface area contributed by atoms with Gasteiger partial charge in [0.25, 0.3) is 5.95 Å². The molecule has 4 heterocycles. The Morgan fingerprint density at radius 1 is 1.10 bits per heavy atom. The Labute approximate surface area is 171 Å². The van der Waals surface area contributed by atoms with Gasteiger partial charge in [-0.3, -0.25) is 4.79 Å². The van der Waals surface area contributed by atoms with Gasteiger partial charge in [-0.15, -0.1) is 11.8 Å². The SMILES string of the molecule is Cc1cc(C)nc(-n2nc(C)c3c2NC(=O)CS[C@@H]3c2ccc3c(c2)OCO3)n1. The van der Waals surface area contributed by atoms with Crippen LogP contribution in [0.5, 0.6) is 11.5 Å². The fourth-order valence-electron chi connectivity index (χ4n) is 3.67. The average molecular weight is 409 g/mol. The number of amides is 1. The third-order valence-electron chi connectivity index (χ3n) is 4.87. The van der Waals surface area contributed by atoms with E-state index in [0.717, 1.165) is 39.7 Å². The minimum Gasteiger partial charge on any atom is -0.454 e. The van der Waals surface area contributed by atoms with Crippen molar-refractivity contribution in [3.8, 4) is 17.4 Å². The fraction of sp³-hybridized carbons (Fsp3) is 0.300. The highest BCUT2D eigenvalue weighted by atomic mass is 32.2. The van der Waals surface area contributed by atoms with Crippen molar-refractivity contribution in [2.75, 3.05) is 17.9 Å². The molecule has 2 aromatic heterocycles. The Kier molecular flexibility index (Phi) is 4.20. The van der Waals surface area contributed by atoms with E-state index in [9.17, 15) is 4.79 Å². The quantitative estimate of drug-likeness (QED) is 0.695. The van der Waals surface area contributed by atoms with Crippen LogP contribution in [0.2, 0.25) is 0 Å². The smallest absolute Gasteiger partial charge is 0.252 e. The van der Waals surface area contributed by atoms with E-state index in [4.69, 9.17) is 9.47 Å². The third-order valence-corrected chi connectivity index (χ3v) is 6.14. The van der Waals surface area contributed by atoms with Crippen LogP contribution in [0, 0.1) is 20.8 Å². The van der Waals surface area contributed by atoms with Crippen LogP contribution in [0.1, 0.15) is 33.5 Å². The zero-order valence-corrected chi connectivity index (χ0v) is 17.0. The van der Waals surface area contributed by atoms with Crippen molar-refractivity contribution in [2.45, 2.75) is 26.0 Å². The van der Waals surface area contributed by atoms with Gasteiger partial charge in [-0.25, -0.2) is 9.97 Å². The molecule has 0 aliphatic carbocycles. The number of ether oxygens (including phenoxy) is 2. The monoisotopic (exact) mass is 409 g/mol. The lowest BCUT2D eigenvalue weighted by atomic mass is 10.0. The van der Waals surface area contributed by atoms with Crippen LogP contribution < -0.4 is 14.8 Å². The Bertz CT molecular complexity index is 1120. The van der Waals surface area contributed by atoms with E-state index in [2.05, 4.69) is 20.4 Å². The molecule has 0 fully saturated rings.